The minimum atomic E-state index is -3.75. The molecule has 1 aliphatic heterocycles. The number of aliphatic imine (C=N–C) groups is 1. The maximum absolute atomic E-state index is 13.4. The van der Waals surface area contributed by atoms with Crippen LogP contribution in [0.15, 0.2) is 88.8 Å². The zero-order chi connectivity index (χ0) is 20.4. The van der Waals surface area contributed by atoms with Crippen LogP contribution in [0.3, 0.4) is 0 Å². The first kappa shape index (κ1) is 19.3. The number of aryl methyl sites for hydroxylation is 1. The minimum absolute atomic E-state index is 0.239. The zero-order valence-corrected chi connectivity index (χ0v) is 16.8. The van der Waals surface area contributed by atoms with Gasteiger partial charge in [0.15, 0.2) is 0 Å². The first-order valence-corrected chi connectivity index (χ1v) is 10.8. The van der Waals surface area contributed by atoms with Crippen molar-refractivity contribution in [2.45, 2.75) is 24.3 Å². The Labute approximate surface area is 170 Å². The summed E-state index contributed by atoms with van der Waals surface area (Å²) in [6.07, 6.45) is 0.314. The minimum Gasteiger partial charge on any atom is -0.261 e. The fraction of sp³-hybridized carbons (Fsp3) is 0.174. The van der Waals surface area contributed by atoms with Crippen molar-refractivity contribution in [1.82, 2.24) is 4.31 Å². The Balaban J connectivity index is 1.71. The van der Waals surface area contributed by atoms with E-state index in [0.29, 0.717) is 12.3 Å². The lowest BCUT2D eigenvalue weighted by Crippen LogP contribution is -2.35. The standard InChI is InChI=1S/C23H21FN2O2S/c1-17-7-13-21(14-8-17)29(27,28)26-16-22(19-5-3-2-4-6-19)25-23(26)15-18-9-11-20(24)12-10-18/h2-14,22H,15-16H2,1H3. The fourth-order valence-electron chi connectivity index (χ4n) is 3.40. The molecule has 0 spiro atoms. The Morgan fingerprint density at radius 3 is 2.28 bits per heavy atom. The summed E-state index contributed by atoms with van der Waals surface area (Å²) in [6, 6.07) is 22.3. The maximum atomic E-state index is 13.4. The number of sulfonamides is 1. The van der Waals surface area contributed by atoms with E-state index in [4.69, 9.17) is 4.99 Å². The molecule has 1 unspecified atom stereocenters. The Kier molecular flexibility index (Phi) is 5.20. The molecule has 1 aliphatic rings. The van der Waals surface area contributed by atoms with E-state index in [2.05, 4.69) is 0 Å². The van der Waals surface area contributed by atoms with Crippen molar-refractivity contribution in [2.24, 2.45) is 4.99 Å². The number of amidine groups is 1. The molecule has 1 atom stereocenters. The van der Waals surface area contributed by atoms with E-state index in [1.54, 1.807) is 36.4 Å². The normalized spacial score (nSPS) is 16.7. The van der Waals surface area contributed by atoms with Crippen LogP contribution < -0.4 is 0 Å². The number of halogens is 1. The second kappa shape index (κ2) is 7.79. The van der Waals surface area contributed by atoms with E-state index in [1.807, 2.05) is 37.3 Å². The Bertz CT molecular complexity index is 1130. The smallest absolute Gasteiger partial charge is 0.261 e. The fourth-order valence-corrected chi connectivity index (χ4v) is 4.86. The van der Waals surface area contributed by atoms with Crippen LogP contribution in [0.5, 0.6) is 0 Å². The molecule has 148 valence electrons. The molecule has 3 aromatic carbocycles. The van der Waals surface area contributed by atoms with Gasteiger partial charge in [-0.15, -0.1) is 0 Å². The summed E-state index contributed by atoms with van der Waals surface area (Å²) in [5, 5.41) is 0. The van der Waals surface area contributed by atoms with Gasteiger partial charge in [-0.2, -0.15) is 0 Å². The van der Waals surface area contributed by atoms with Crippen molar-refractivity contribution in [3.8, 4) is 0 Å². The van der Waals surface area contributed by atoms with Gasteiger partial charge in [0.25, 0.3) is 10.0 Å². The molecule has 29 heavy (non-hydrogen) atoms. The van der Waals surface area contributed by atoms with E-state index < -0.39 is 10.0 Å². The van der Waals surface area contributed by atoms with Crippen LogP contribution in [0.2, 0.25) is 0 Å². The van der Waals surface area contributed by atoms with Crippen molar-refractivity contribution in [2.75, 3.05) is 6.54 Å². The molecular weight excluding hydrogens is 387 g/mol. The molecule has 6 heteroatoms. The van der Waals surface area contributed by atoms with Crippen LogP contribution in [0.25, 0.3) is 0 Å². The molecule has 3 aromatic rings. The van der Waals surface area contributed by atoms with Gasteiger partial charge in [-0.05, 0) is 42.3 Å². The highest BCUT2D eigenvalue weighted by Crippen LogP contribution is 2.30. The van der Waals surface area contributed by atoms with Crippen LogP contribution >= 0.6 is 0 Å². The molecule has 0 aromatic heterocycles. The van der Waals surface area contributed by atoms with Gasteiger partial charge in [0.1, 0.15) is 11.7 Å². The monoisotopic (exact) mass is 408 g/mol. The van der Waals surface area contributed by atoms with Crippen molar-refractivity contribution < 1.29 is 12.8 Å². The van der Waals surface area contributed by atoms with E-state index in [-0.39, 0.29) is 23.3 Å². The van der Waals surface area contributed by atoms with Gasteiger partial charge >= 0.3 is 0 Å². The van der Waals surface area contributed by atoms with Gasteiger partial charge in [0.05, 0.1) is 17.5 Å². The van der Waals surface area contributed by atoms with Crippen LogP contribution in [0.4, 0.5) is 4.39 Å². The third-order valence-corrected chi connectivity index (χ3v) is 6.81. The molecule has 0 fully saturated rings. The van der Waals surface area contributed by atoms with Gasteiger partial charge in [0, 0.05) is 6.42 Å². The summed E-state index contributed by atoms with van der Waals surface area (Å²) in [4.78, 5) is 4.98. The average Bonchev–Trinajstić information content (AvgIpc) is 3.15. The number of nitrogens with zero attached hydrogens (tertiary/aromatic N) is 2. The lowest BCUT2D eigenvalue weighted by Gasteiger charge is -2.21. The Morgan fingerprint density at radius 1 is 0.966 bits per heavy atom. The van der Waals surface area contributed by atoms with Crippen molar-refractivity contribution in [3.05, 3.63) is 101 Å². The first-order chi connectivity index (χ1) is 13.9. The molecule has 4 rings (SSSR count). The topological polar surface area (TPSA) is 49.7 Å². The number of hydrogen-bond acceptors (Lipinski definition) is 3. The highest BCUT2D eigenvalue weighted by molar-refractivity contribution is 7.89. The van der Waals surface area contributed by atoms with E-state index in [1.165, 1.54) is 16.4 Å². The molecular formula is C23H21FN2O2S. The van der Waals surface area contributed by atoms with E-state index >= 15 is 0 Å². The number of benzene rings is 3. The molecule has 1 heterocycles. The van der Waals surface area contributed by atoms with Gasteiger partial charge in [-0.1, -0.05) is 60.2 Å². The SMILES string of the molecule is Cc1ccc(S(=O)(=O)N2CC(c3ccccc3)N=C2Cc2ccc(F)cc2)cc1. The molecule has 0 bridgehead atoms. The van der Waals surface area contributed by atoms with E-state index in [9.17, 15) is 12.8 Å². The summed E-state index contributed by atoms with van der Waals surface area (Å²) in [7, 11) is -3.75. The second-order valence-corrected chi connectivity index (χ2v) is 8.99. The van der Waals surface area contributed by atoms with Crippen molar-refractivity contribution in [3.63, 3.8) is 0 Å². The largest absolute Gasteiger partial charge is 0.265 e. The lowest BCUT2D eigenvalue weighted by atomic mass is 10.1. The maximum Gasteiger partial charge on any atom is 0.265 e. The third-order valence-electron chi connectivity index (χ3n) is 5.00. The summed E-state index contributed by atoms with van der Waals surface area (Å²) in [6.45, 7) is 2.16. The van der Waals surface area contributed by atoms with Crippen LogP contribution in [-0.4, -0.2) is 25.1 Å². The highest BCUT2D eigenvalue weighted by Gasteiger charge is 2.35. The number of rotatable bonds is 5. The second-order valence-electron chi connectivity index (χ2n) is 7.12. The molecule has 0 amide bonds. The van der Waals surface area contributed by atoms with Gasteiger partial charge in [-0.3, -0.25) is 9.30 Å². The summed E-state index contributed by atoms with van der Waals surface area (Å²) >= 11 is 0. The van der Waals surface area contributed by atoms with Gasteiger partial charge in [-0.25, -0.2) is 12.8 Å². The van der Waals surface area contributed by atoms with Crippen LogP contribution in [0.1, 0.15) is 22.7 Å². The predicted octanol–water partition coefficient (Wildman–Crippen LogP) is 4.52. The van der Waals surface area contributed by atoms with Gasteiger partial charge in [0.2, 0.25) is 0 Å². The number of hydrogen-bond donors (Lipinski definition) is 0. The summed E-state index contributed by atoms with van der Waals surface area (Å²) in [5.74, 6) is 0.138. The molecule has 0 aliphatic carbocycles. The van der Waals surface area contributed by atoms with Gasteiger partial charge < -0.3 is 0 Å². The molecule has 4 nitrogen and oxygen atoms in total. The Hall–Kier alpha value is -2.99. The summed E-state index contributed by atoms with van der Waals surface area (Å²) < 4.78 is 41.4. The molecule has 0 saturated heterocycles. The third kappa shape index (κ3) is 4.07. The molecule has 0 saturated carbocycles. The van der Waals surface area contributed by atoms with Crippen molar-refractivity contribution >= 4 is 15.9 Å². The van der Waals surface area contributed by atoms with Crippen LogP contribution in [-0.2, 0) is 16.4 Å². The molecule has 0 N–H and O–H groups in total. The molecule has 0 radical (unpaired) electrons. The van der Waals surface area contributed by atoms with Crippen molar-refractivity contribution in [1.29, 1.82) is 0 Å². The zero-order valence-electron chi connectivity index (χ0n) is 16.0. The first-order valence-electron chi connectivity index (χ1n) is 9.39. The summed E-state index contributed by atoms with van der Waals surface area (Å²) in [5.41, 5.74) is 2.77. The quantitative estimate of drug-likeness (QED) is 0.623. The highest BCUT2D eigenvalue weighted by atomic mass is 32.2. The van der Waals surface area contributed by atoms with E-state index in [0.717, 1.165) is 16.7 Å². The lowest BCUT2D eigenvalue weighted by molar-refractivity contribution is 0.518. The van der Waals surface area contributed by atoms with Crippen LogP contribution in [0, 0.1) is 12.7 Å². The Morgan fingerprint density at radius 2 is 1.62 bits per heavy atom. The predicted molar refractivity (Wildman–Crippen MR) is 112 cm³/mol. The average molecular weight is 408 g/mol.